The van der Waals surface area contributed by atoms with Crippen LogP contribution in [0.1, 0.15) is 10.4 Å². The maximum atomic E-state index is 11.9. The second kappa shape index (κ2) is 7.76. The number of hydrogen-bond acceptors (Lipinski definition) is 5. The van der Waals surface area contributed by atoms with Gasteiger partial charge in [-0.1, -0.05) is 27.5 Å². The molecule has 0 aliphatic heterocycles. The van der Waals surface area contributed by atoms with Crippen molar-refractivity contribution in [2.75, 3.05) is 11.9 Å². The molecule has 0 bridgehead atoms. The third-order valence-electron chi connectivity index (χ3n) is 2.58. The van der Waals surface area contributed by atoms with Gasteiger partial charge in [0.1, 0.15) is 17.1 Å². The number of benzene rings is 1. The van der Waals surface area contributed by atoms with Gasteiger partial charge in [-0.3, -0.25) is 4.79 Å². The van der Waals surface area contributed by atoms with Gasteiger partial charge in [0.2, 0.25) is 0 Å². The van der Waals surface area contributed by atoms with Crippen molar-refractivity contribution >= 4 is 61.2 Å². The van der Waals surface area contributed by atoms with Crippen LogP contribution in [-0.2, 0) is 9.53 Å². The molecule has 6 nitrogen and oxygen atoms in total. The van der Waals surface area contributed by atoms with Crippen molar-refractivity contribution in [3.63, 3.8) is 0 Å². The van der Waals surface area contributed by atoms with Crippen LogP contribution in [0.4, 0.5) is 5.82 Å². The Hall–Kier alpha value is -1.64. The Morgan fingerprint density at radius 1 is 1.30 bits per heavy atom. The number of esters is 1. The van der Waals surface area contributed by atoms with Crippen molar-refractivity contribution in [2.24, 2.45) is 0 Å². The van der Waals surface area contributed by atoms with Gasteiger partial charge in [-0.25, -0.2) is 9.78 Å². The Labute approximate surface area is 153 Å². The summed E-state index contributed by atoms with van der Waals surface area (Å²) >= 11 is 12.0. The van der Waals surface area contributed by atoms with Crippen LogP contribution in [-0.4, -0.2) is 28.6 Å². The third-order valence-corrected chi connectivity index (χ3v) is 3.86. The summed E-state index contributed by atoms with van der Waals surface area (Å²) in [5, 5.41) is 12.7. The number of rotatable bonds is 4. The summed E-state index contributed by atoms with van der Waals surface area (Å²) in [6.07, 6.45) is 1.38. The lowest BCUT2D eigenvalue weighted by molar-refractivity contribution is -0.119. The van der Waals surface area contributed by atoms with E-state index in [9.17, 15) is 14.7 Å². The number of carbonyl (C=O) groups is 2. The molecule has 0 aliphatic carbocycles. The van der Waals surface area contributed by atoms with Crippen LogP contribution in [0, 0.1) is 0 Å². The maximum Gasteiger partial charge on any atom is 0.342 e. The largest absolute Gasteiger partial charge is 0.506 e. The molecule has 2 aromatic rings. The van der Waals surface area contributed by atoms with Crippen LogP contribution in [0.15, 0.2) is 39.4 Å². The minimum absolute atomic E-state index is 0.0660. The normalized spacial score (nSPS) is 10.2. The summed E-state index contributed by atoms with van der Waals surface area (Å²) in [4.78, 5) is 27.5. The van der Waals surface area contributed by atoms with Crippen molar-refractivity contribution in [3.8, 4) is 5.75 Å². The van der Waals surface area contributed by atoms with Crippen molar-refractivity contribution in [1.29, 1.82) is 0 Å². The maximum absolute atomic E-state index is 11.9. The molecule has 1 aromatic carbocycles. The smallest absolute Gasteiger partial charge is 0.342 e. The van der Waals surface area contributed by atoms with Gasteiger partial charge in [0.05, 0.1) is 9.50 Å². The number of aromatic nitrogens is 1. The fraction of sp³-hybridized carbons (Fsp3) is 0.0714. The molecule has 120 valence electrons. The van der Waals surface area contributed by atoms with E-state index in [0.717, 1.165) is 0 Å². The van der Waals surface area contributed by atoms with Gasteiger partial charge >= 0.3 is 5.97 Å². The predicted octanol–water partition coefficient (Wildman–Crippen LogP) is 3.76. The van der Waals surface area contributed by atoms with E-state index in [1.54, 1.807) is 12.1 Å². The number of aromatic hydroxyl groups is 1. The molecule has 0 saturated heterocycles. The van der Waals surface area contributed by atoms with Crippen molar-refractivity contribution in [2.45, 2.75) is 0 Å². The minimum Gasteiger partial charge on any atom is -0.506 e. The van der Waals surface area contributed by atoms with Gasteiger partial charge < -0.3 is 15.2 Å². The molecule has 0 unspecified atom stereocenters. The van der Waals surface area contributed by atoms with Crippen LogP contribution < -0.4 is 5.32 Å². The quantitative estimate of drug-likeness (QED) is 0.673. The molecule has 9 heteroatoms. The zero-order chi connectivity index (χ0) is 17.0. The average Bonchev–Trinajstić information content (AvgIpc) is 2.50. The Bertz CT molecular complexity index is 753. The molecule has 0 radical (unpaired) electrons. The second-order valence-electron chi connectivity index (χ2n) is 4.27. The van der Waals surface area contributed by atoms with Crippen LogP contribution >= 0.6 is 43.5 Å². The predicted molar refractivity (Wildman–Crippen MR) is 91.7 cm³/mol. The number of amides is 1. The lowest BCUT2D eigenvalue weighted by Gasteiger charge is -2.08. The lowest BCUT2D eigenvalue weighted by atomic mass is 10.2. The van der Waals surface area contributed by atoms with E-state index >= 15 is 0 Å². The zero-order valence-electron chi connectivity index (χ0n) is 11.3. The number of carbonyl (C=O) groups excluding carboxylic acids is 2. The highest BCUT2D eigenvalue weighted by Crippen LogP contribution is 2.32. The molecule has 0 fully saturated rings. The number of ether oxygens (including phenoxy) is 1. The van der Waals surface area contributed by atoms with Crippen LogP contribution in [0.3, 0.4) is 0 Å². The first-order valence-corrected chi connectivity index (χ1v) is 8.09. The van der Waals surface area contributed by atoms with Gasteiger partial charge in [0, 0.05) is 10.7 Å². The number of halogens is 3. The fourth-order valence-corrected chi connectivity index (χ4v) is 2.90. The Morgan fingerprint density at radius 3 is 2.70 bits per heavy atom. The first-order chi connectivity index (χ1) is 10.9. The number of nitrogens with zero attached hydrogens (tertiary/aromatic N) is 1. The molecular weight excluding hydrogens is 455 g/mol. The molecule has 1 heterocycles. The summed E-state index contributed by atoms with van der Waals surface area (Å²) in [5.41, 5.74) is -0.0660. The van der Waals surface area contributed by atoms with E-state index in [2.05, 4.69) is 42.2 Å². The topological polar surface area (TPSA) is 88.5 Å². The number of phenolic OH excluding ortho intramolecular Hbond substituents is 1. The second-order valence-corrected chi connectivity index (χ2v) is 6.48. The van der Waals surface area contributed by atoms with Gasteiger partial charge in [0.25, 0.3) is 5.91 Å². The van der Waals surface area contributed by atoms with Crippen molar-refractivity contribution < 1.29 is 19.4 Å². The summed E-state index contributed by atoms with van der Waals surface area (Å²) in [6.45, 7) is -0.521. The minimum atomic E-state index is -0.830. The van der Waals surface area contributed by atoms with Crippen molar-refractivity contribution in [3.05, 3.63) is 50.0 Å². The molecule has 0 spiro atoms. The van der Waals surface area contributed by atoms with Gasteiger partial charge in [-0.15, -0.1) is 0 Å². The number of pyridine rings is 1. The molecule has 2 N–H and O–H groups in total. The molecule has 23 heavy (non-hydrogen) atoms. The van der Waals surface area contributed by atoms with Crippen LogP contribution in [0.25, 0.3) is 0 Å². The average molecular weight is 464 g/mol. The molecule has 0 saturated carbocycles. The highest BCUT2D eigenvalue weighted by atomic mass is 79.9. The molecule has 2 rings (SSSR count). The number of phenols is 1. The summed E-state index contributed by atoms with van der Waals surface area (Å²) in [7, 11) is 0. The van der Waals surface area contributed by atoms with Gasteiger partial charge in [-0.2, -0.15) is 0 Å². The van der Waals surface area contributed by atoms with Gasteiger partial charge in [0.15, 0.2) is 6.61 Å². The first-order valence-electron chi connectivity index (χ1n) is 6.13. The summed E-state index contributed by atoms with van der Waals surface area (Å²) in [5.74, 6) is -1.38. The molecule has 0 atom stereocenters. The summed E-state index contributed by atoms with van der Waals surface area (Å²) in [6, 6.07) is 6.04. The molecular formula is C14H9Br2ClN2O4. The summed E-state index contributed by atoms with van der Waals surface area (Å²) < 4.78 is 5.77. The first kappa shape index (κ1) is 17.7. The number of hydrogen-bond donors (Lipinski definition) is 2. The monoisotopic (exact) mass is 462 g/mol. The van der Waals surface area contributed by atoms with E-state index in [0.29, 0.717) is 14.0 Å². The van der Waals surface area contributed by atoms with Crippen LogP contribution in [0.2, 0.25) is 5.02 Å². The van der Waals surface area contributed by atoms with Crippen molar-refractivity contribution in [1.82, 2.24) is 4.98 Å². The highest BCUT2D eigenvalue weighted by Gasteiger charge is 2.17. The lowest BCUT2D eigenvalue weighted by Crippen LogP contribution is -2.21. The fourth-order valence-electron chi connectivity index (χ4n) is 1.56. The highest BCUT2D eigenvalue weighted by molar-refractivity contribution is 9.11. The zero-order valence-corrected chi connectivity index (χ0v) is 15.3. The molecule has 1 aromatic heterocycles. The Kier molecular flexibility index (Phi) is 5.97. The number of anilines is 1. The van der Waals surface area contributed by atoms with E-state index in [-0.39, 0.29) is 17.1 Å². The Morgan fingerprint density at radius 2 is 2.04 bits per heavy atom. The molecule has 0 aliphatic rings. The van der Waals surface area contributed by atoms with E-state index < -0.39 is 18.5 Å². The van der Waals surface area contributed by atoms with E-state index in [1.165, 1.54) is 18.3 Å². The Balaban J connectivity index is 1.96. The standard InChI is InChI=1S/C14H9Br2ClN2O4/c15-7-3-9(13(21)10(16)4-7)14(22)23-6-12(20)19-11-2-1-8(17)5-18-11/h1-5,21H,6H2,(H,18,19,20). The number of nitrogens with one attached hydrogen (secondary N) is 1. The SMILES string of the molecule is O=C(COC(=O)c1cc(Br)cc(Br)c1O)Nc1ccc(Cl)cn1. The third kappa shape index (κ3) is 4.92. The molecule has 1 amide bonds. The van der Waals surface area contributed by atoms with Crippen LogP contribution in [0.5, 0.6) is 5.75 Å². The van der Waals surface area contributed by atoms with E-state index in [4.69, 9.17) is 16.3 Å². The van der Waals surface area contributed by atoms with E-state index in [1.807, 2.05) is 0 Å². The van der Waals surface area contributed by atoms with Gasteiger partial charge in [-0.05, 0) is 40.2 Å².